The molecule has 2 fully saturated rings. The average molecular weight is 895 g/mol. The molecule has 2 saturated heterocycles. The van der Waals surface area contributed by atoms with Gasteiger partial charge >= 0.3 is 12.2 Å². The molecule has 0 aliphatic carbocycles. The number of nitrogens with one attached hydrogen (secondary N) is 4. The van der Waals surface area contributed by atoms with Crippen LogP contribution in [0.15, 0.2) is 115 Å². The highest BCUT2D eigenvalue weighted by Gasteiger charge is 2.41. The fraction of sp³-hybridized carbons (Fsp3) is 0.353. The summed E-state index contributed by atoms with van der Waals surface area (Å²) in [5.41, 5.74) is 5.03. The van der Waals surface area contributed by atoms with Crippen molar-refractivity contribution in [2.24, 2.45) is 0 Å². The predicted octanol–water partition coefficient (Wildman–Crippen LogP) is 9.97. The Morgan fingerprint density at radius 1 is 0.788 bits per heavy atom. The number of likely N-dealkylation sites (tertiary alicyclic amines) is 1. The van der Waals surface area contributed by atoms with Crippen molar-refractivity contribution < 1.29 is 33.9 Å². The largest absolute Gasteiger partial charge is 0.465 e. The van der Waals surface area contributed by atoms with Gasteiger partial charge in [-0.3, -0.25) is 19.3 Å². The van der Waals surface area contributed by atoms with Gasteiger partial charge in [0.05, 0.1) is 17.9 Å². The molecule has 0 unspecified atom stereocenters. The molecule has 0 radical (unpaired) electrons. The lowest BCUT2D eigenvalue weighted by Gasteiger charge is -2.41. The van der Waals surface area contributed by atoms with Crippen molar-refractivity contribution in [1.82, 2.24) is 35.1 Å². The number of aromatic amines is 2. The van der Waals surface area contributed by atoms with Crippen LogP contribution < -0.4 is 10.6 Å². The fourth-order valence-electron chi connectivity index (χ4n) is 8.78. The number of nitrogens with zero attached hydrogens (tertiary/aromatic N) is 4. The molecular formula is C51H58N8O7. The monoisotopic (exact) mass is 894 g/mol. The van der Waals surface area contributed by atoms with Gasteiger partial charge in [-0.1, -0.05) is 84.9 Å². The number of rotatable bonds is 12. The summed E-state index contributed by atoms with van der Waals surface area (Å²) in [6.07, 6.45) is 1.99. The van der Waals surface area contributed by atoms with Crippen LogP contribution in [0.5, 0.6) is 0 Å². The summed E-state index contributed by atoms with van der Waals surface area (Å²) in [5.74, 6) is 0.0698. The van der Waals surface area contributed by atoms with Gasteiger partial charge in [-0.25, -0.2) is 14.6 Å². The van der Waals surface area contributed by atoms with Gasteiger partial charge in [0.1, 0.15) is 23.5 Å². The topological polar surface area (TPSA) is 185 Å². The molecule has 4 heterocycles. The molecular weight excluding hydrogens is 837 g/mol. The van der Waals surface area contributed by atoms with E-state index in [1.807, 2.05) is 117 Å². The highest BCUT2D eigenvalue weighted by atomic mass is 16.7. The smallest absolute Gasteiger partial charge is 0.410 e. The van der Waals surface area contributed by atoms with Crippen LogP contribution in [-0.4, -0.2) is 89.2 Å². The van der Waals surface area contributed by atoms with Crippen LogP contribution in [0.3, 0.4) is 0 Å². The molecule has 66 heavy (non-hydrogen) atoms. The maximum atomic E-state index is 14.1. The number of fused-ring (bicyclic) bond motifs is 1. The van der Waals surface area contributed by atoms with E-state index in [0.29, 0.717) is 37.2 Å². The molecule has 2 aliphatic rings. The molecule has 344 valence electrons. The molecule has 15 heteroatoms. The molecule has 4 atom stereocenters. The normalized spacial score (nSPS) is 17.6. The Morgan fingerprint density at radius 3 is 2.09 bits per heavy atom. The van der Waals surface area contributed by atoms with Crippen molar-refractivity contribution >= 4 is 40.6 Å². The van der Waals surface area contributed by atoms with Crippen LogP contribution in [0.4, 0.5) is 15.3 Å². The number of carboxylic acid groups (broad SMARTS) is 1. The number of imidazole rings is 1. The van der Waals surface area contributed by atoms with Gasteiger partial charge in [-0.15, -0.1) is 0 Å². The number of hydroxylamine groups is 2. The third kappa shape index (κ3) is 10.3. The summed E-state index contributed by atoms with van der Waals surface area (Å²) >= 11 is 0. The number of H-pyrrole nitrogens is 2. The van der Waals surface area contributed by atoms with E-state index in [-0.39, 0.29) is 17.9 Å². The van der Waals surface area contributed by atoms with Crippen LogP contribution in [0.2, 0.25) is 0 Å². The minimum absolute atomic E-state index is 0.194. The summed E-state index contributed by atoms with van der Waals surface area (Å²) in [5, 5.41) is 18.8. The van der Waals surface area contributed by atoms with E-state index in [2.05, 4.69) is 20.6 Å². The lowest BCUT2D eigenvalue weighted by Crippen LogP contribution is -2.49. The SMILES string of the molecule is CC(C)(C)OC(=O)N[C@@H](C(=O)N1CCC[C@H]1C(=O)Nc1ccc2[nH]c(-c3ccc(-c4cnc([C@@H]5CCCN5O[C@H](c5ccccc5)N(C(=O)O)C(C)(C)C)[nH]4)cc3)cc2c1)c1ccccc1. The molecule has 0 spiro atoms. The van der Waals surface area contributed by atoms with E-state index < -0.39 is 41.6 Å². The van der Waals surface area contributed by atoms with Gasteiger partial charge in [-0.2, -0.15) is 5.06 Å². The third-order valence-electron chi connectivity index (χ3n) is 11.9. The predicted molar refractivity (Wildman–Crippen MR) is 252 cm³/mol. The van der Waals surface area contributed by atoms with Gasteiger partial charge in [0.2, 0.25) is 5.91 Å². The fourth-order valence-corrected chi connectivity index (χ4v) is 8.78. The van der Waals surface area contributed by atoms with E-state index in [1.165, 1.54) is 4.90 Å². The highest BCUT2D eigenvalue weighted by Crippen LogP contribution is 2.38. The standard InChI is InChI=1S/C51H58N8O7/c1-50(2,3)59(49(63)64)47(35-17-11-8-12-18-35)66-58-28-14-19-41(58)44-52-31-40(55-44)33-23-21-32(22-24-33)39-30-36-29-37(25-26-38(36)54-39)53-45(60)42-20-13-27-57(42)46(61)43(34-15-9-7-10-16-34)56-48(62)65-51(4,5)6/h7-12,15-18,21-26,29-31,41-43,47,54H,13-14,19-20,27-28H2,1-6H3,(H,52,55)(H,53,60)(H,56,62)(H,63,64)/t41-,42-,43+,47+/m0/s1. The first-order valence-corrected chi connectivity index (χ1v) is 22.5. The Bertz CT molecular complexity index is 2670. The number of carbonyl (C=O) groups is 4. The van der Waals surface area contributed by atoms with Crippen molar-refractivity contribution in [3.63, 3.8) is 0 Å². The highest BCUT2D eigenvalue weighted by molar-refractivity contribution is 6.00. The van der Waals surface area contributed by atoms with E-state index in [4.69, 9.17) is 14.6 Å². The van der Waals surface area contributed by atoms with E-state index in [9.17, 15) is 24.3 Å². The van der Waals surface area contributed by atoms with Crippen LogP contribution in [0.25, 0.3) is 33.4 Å². The zero-order valence-corrected chi connectivity index (χ0v) is 38.2. The molecule has 0 saturated carbocycles. The van der Waals surface area contributed by atoms with Crippen LogP contribution >= 0.6 is 0 Å². The maximum Gasteiger partial charge on any atom is 0.410 e. The number of hydrogen-bond acceptors (Lipinski definition) is 8. The van der Waals surface area contributed by atoms with Gasteiger partial charge in [0, 0.05) is 46.5 Å². The van der Waals surface area contributed by atoms with Gasteiger partial charge in [-0.05, 0) is 108 Å². The van der Waals surface area contributed by atoms with Crippen LogP contribution in [-0.2, 0) is 19.2 Å². The molecule has 2 aliphatic heterocycles. The van der Waals surface area contributed by atoms with Gasteiger partial charge in [0.25, 0.3) is 5.91 Å². The lowest BCUT2D eigenvalue weighted by atomic mass is 10.0. The third-order valence-corrected chi connectivity index (χ3v) is 11.9. The van der Waals surface area contributed by atoms with Crippen LogP contribution in [0, 0.1) is 0 Å². The number of alkyl carbamates (subject to hydrolysis) is 1. The van der Waals surface area contributed by atoms with Crippen molar-refractivity contribution in [2.75, 3.05) is 18.4 Å². The second kappa shape index (κ2) is 18.9. The molecule has 0 bridgehead atoms. The number of carbonyl (C=O) groups excluding carboxylic acids is 3. The molecule has 4 amide bonds. The molecule has 2 aromatic heterocycles. The van der Waals surface area contributed by atoms with Crippen molar-refractivity contribution in [3.05, 3.63) is 132 Å². The van der Waals surface area contributed by atoms with Gasteiger partial charge < -0.3 is 35.3 Å². The lowest BCUT2D eigenvalue weighted by molar-refractivity contribution is -0.256. The molecule has 5 N–H and O–H groups in total. The zero-order chi connectivity index (χ0) is 46.8. The number of benzene rings is 4. The molecule has 8 rings (SSSR count). The second-order valence-corrected chi connectivity index (χ2v) is 18.9. The summed E-state index contributed by atoms with van der Waals surface area (Å²) in [7, 11) is 0. The Kier molecular flexibility index (Phi) is 13.0. The van der Waals surface area contributed by atoms with Crippen molar-refractivity contribution in [3.8, 4) is 22.5 Å². The number of aromatic nitrogens is 3. The summed E-state index contributed by atoms with van der Waals surface area (Å²) in [6, 6.07) is 32.3. The molecule has 4 aromatic carbocycles. The Balaban J connectivity index is 0.931. The summed E-state index contributed by atoms with van der Waals surface area (Å²) < 4.78 is 5.48. The zero-order valence-electron chi connectivity index (χ0n) is 38.2. The van der Waals surface area contributed by atoms with Gasteiger partial charge in [0.15, 0.2) is 6.23 Å². The quantitative estimate of drug-likeness (QED) is 0.0746. The minimum atomic E-state index is -1.06. The number of ether oxygens (including phenoxy) is 1. The number of hydrogen-bond donors (Lipinski definition) is 5. The minimum Gasteiger partial charge on any atom is -0.465 e. The Labute approximate surface area is 384 Å². The Hall–Kier alpha value is -6.97. The number of anilines is 1. The Morgan fingerprint density at radius 2 is 1.44 bits per heavy atom. The average Bonchev–Trinajstić information content (AvgIpc) is 4.12. The van der Waals surface area contributed by atoms with E-state index in [0.717, 1.165) is 57.6 Å². The maximum absolute atomic E-state index is 14.1. The van der Waals surface area contributed by atoms with Crippen LogP contribution in [0.1, 0.15) is 102 Å². The summed E-state index contributed by atoms with van der Waals surface area (Å²) in [6.45, 7) is 11.9. The first kappa shape index (κ1) is 45.6. The molecule has 15 nitrogen and oxygen atoms in total. The van der Waals surface area contributed by atoms with Crippen molar-refractivity contribution in [2.45, 2.75) is 103 Å². The van der Waals surface area contributed by atoms with E-state index in [1.54, 1.807) is 49.9 Å². The first-order chi connectivity index (χ1) is 31.5. The second-order valence-electron chi connectivity index (χ2n) is 18.9. The summed E-state index contributed by atoms with van der Waals surface area (Å²) in [4.78, 5) is 74.6. The number of amides is 4. The van der Waals surface area contributed by atoms with Crippen molar-refractivity contribution in [1.29, 1.82) is 0 Å². The van der Waals surface area contributed by atoms with E-state index >= 15 is 0 Å². The first-order valence-electron chi connectivity index (χ1n) is 22.5. The molecule has 6 aromatic rings.